The highest BCUT2D eigenvalue weighted by atomic mass is 35.5. The van der Waals surface area contributed by atoms with Crippen molar-refractivity contribution in [2.75, 3.05) is 0 Å². The Bertz CT molecular complexity index is 258. The molecule has 0 N–H and O–H groups in total. The van der Waals surface area contributed by atoms with Crippen LogP contribution < -0.4 is 0 Å². The molecule has 0 radical (unpaired) electrons. The van der Waals surface area contributed by atoms with E-state index in [1.165, 1.54) is 51.4 Å². The smallest absolute Gasteiger partial charge is 0.0162 e. The third kappa shape index (κ3) is 4.17. The van der Waals surface area contributed by atoms with E-state index in [1.807, 2.05) is 0 Å². The highest BCUT2D eigenvalue weighted by Crippen LogP contribution is 2.29. The molecule has 1 saturated carbocycles. The van der Waals surface area contributed by atoms with Crippen LogP contribution >= 0.6 is 12.4 Å². The van der Waals surface area contributed by atoms with Gasteiger partial charge in [-0.05, 0) is 24.3 Å². The van der Waals surface area contributed by atoms with Gasteiger partial charge in [0.25, 0.3) is 0 Å². The van der Waals surface area contributed by atoms with Crippen molar-refractivity contribution in [1.82, 2.24) is 0 Å². The quantitative estimate of drug-likeness (QED) is 0.621. The number of rotatable bonds is 1. The first-order valence-corrected chi connectivity index (χ1v) is 6.52. The molecule has 0 aliphatic heterocycles. The summed E-state index contributed by atoms with van der Waals surface area (Å²) >= 11 is 0. The molecule has 1 aromatic carbocycles. The fraction of sp³-hybridized carbons (Fsp3) is 0.600. The van der Waals surface area contributed by atoms with Gasteiger partial charge in [0.1, 0.15) is 0 Å². The SMILES string of the molecule is Cl.c1ccc(C2CCCCCCCC2)cc1. The summed E-state index contributed by atoms with van der Waals surface area (Å²) in [6.45, 7) is 0. The highest BCUT2D eigenvalue weighted by molar-refractivity contribution is 5.85. The molecule has 0 aromatic heterocycles. The average Bonchev–Trinajstić information content (AvgIpc) is 2.43. The van der Waals surface area contributed by atoms with Crippen LogP contribution in [0, 0.1) is 0 Å². The molecular formula is C15H23Cl. The van der Waals surface area contributed by atoms with Gasteiger partial charge in [-0.3, -0.25) is 0 Å². The van der Waals surface area contributed by atoms with Gasteiger partial charge in [0, 0.05) is 0 Å². The second kappa shape index (κ2) is 7.73. The van der Waals surface area contributed by atoms with Crippen LogP contribution in [0.25, 0.3) is 0 Å². The van der Waals surface area contributed by atoms with Gasteiger partial charge >= 0.3 is 0 Å². The van der Waals surface area contributed by atoms with Crippen LogP contribution in [0.5, 0.6) is 0 Å². The minimum absolute atomic E-state index is 0. The van der Waals surface area contributed by atoms with Gasteiger partial charge in [-0.1, -0.05) is 68.9 Å². The third-order valence-corrected chi connectivity index (χ3v) is 3.63. The van der Waals surface area contributed by atoms with Crippen LogP contribution in [0.4, 0.5) is 0 Å². The van der Waals surface area contributed by atoms with Gasteiger partial charge < -0.3 is 0 Å². The molecule has 1 aliphatic rings. The lowest BCUT2D eigenvalue weighted by Gasteiger charge is -2.15. The summed E-state index contributed by atoms with van der Waals surface area (Å²) in [7, 11) is 0. The summed E-state index contributed by atoms with van der Waals surface area (Å²) in [4.78, 5) is 0. The van der Waals surface area contributed by atoms with Gasteiger partial charge in [-0.15, -0.1) is 12.4 Å². The van der Waals surface area contributed by atoms with Crippen molar-refractivity contribution in [3.8, 4) is 0 Å². The molecule has 0 atom stereocenters. The van der Waals surface area contributed by atoms with Crippen LogP contribution in [0.3, 0.4) is 0 Å². The fourth-order valence-corrected chi connectivity index (χ4v) is 2.69. The molecular weight excluding hydrogens is 216 g/mol. The molecule has 0 saturated heterocycles. The largest absolute Gasteiger partial charge is 0.147 e. The maximum atomic E-state index is 2.31. The molecule has 0 bridgehead atoms. The molecule has 0 unspecified atom stereocenters. The molecule has 1 heteroatoms. The van der Waals surface area contributed by atoms with Crippen molar-refractivity contribution in [3.63, 3.8) is 0 Å². The van der Waals surface area contributed by atoms with Gasteiger partial charge in [-0.2, -0.15) is 0 Å². The Hall–Kier alpha value is -0.490. The zero-order valence-corrected chi connectivity index (χ0v) is 10.8. The Labute approximate surface area is 106 Å². The van der Waals surface area contributed by atoms with Crippen molar-refractivity contribution >= 4 is 12.4 Å². The Morgan fingerprint density at radius 3 is 1.75 bits per heavy atom. The minimum atomic E-state index is 0. The molecule has 2 rings (SSSR count). The monoisotopic (exact) mass is 238 g/mol. The molecule has 0 amide bonds. The predicted octanol–water partition coefficient (Wildman–Crippen LogP) is 5.33. The Morgan fingerprint density at radius 1 is 0.688 bits per heavy atom. The van der Waals surface area contributed by atoms with Crippen molar-refractivity contribution in [1.29, 1.82) is 0 Å². The molecule has 0 heterocycles. The summed E-state index contributed by atoms with van der Waals surface area (Å²) in [6, 6.07) is 11.1. The van der Waals surface area contributed by atoms with Crippen molar-refractivity contribution in [2.24, 2.45) is 0 Å². The lowest BCUT2D eigenvalue weighted by atomic mass is 9.90. The summed E-state index contributed by atoms with van der Waals surface area (Å²) in [6.07, 6.45) is 11.5. The lowest BCUT2D eigenvalue weighted by molar-refractivity contribution is 0.539. The number of hydrogen-bond donors (Lipinski definition) is 0. The van der Waals surface area contributed by atoms with Crippen molar-refractivity contribution in [3.05, 3.63) is 35.9 Å². The molecule has 1 aliphatic carbocycles. The van der Waals surface area contributed by atoms with Crippen molar-refractivity contribution in [2.45, 2.75) is 57.3 Å². The van der Waals surface area contributed by atoms with Gasteiger partial charge in [0.15, 0.2) is 0 Å². The van der Waals surface area contributed by atoms with E-state index in [2.05, 4.69) is 30.3 Å². The Balaban J connectivity index is 0.00000128. The zero-order valence-electron chi connectivity index (χ0n) is 10.0. The minimum Gasteiger partial charge on any atom is -0.147 e. The first-order valence-electron chi connectivity index (χ1n) is 6.52. The van der Waals surface area contributed by atoms with E-state index in [0.29, 0.717) is 0 Å². The number of halogens is 1. The van der Waals surface area contributed by atoms with E-state index < -0.39 is 0 Å². The Morgan fingerprint density at radius 2 is 1.19 bits per heavy atom. The predicted molar refractivity (Wildman–Crippen MR) is 73.4 cm³/mol. The molecule has 1 fully saturated rings. The first-order chi connectivity index (χ1) is 7.47. The zero-order chi connectivity index (χ0) is 10.3. The van der Waals surface area contributed by atoms with E-state index >= 15 is 0 Å². The van der Waals surface area contributed by atoms with Gasteiger partial charge in [0.2, 0.25) is 0 Å². The maximum absolute atomic E-state index is 2.31. The summed E-state index contributed by atoms with van der Waals surface area (Å²) in [5, 5.41) is 0. The third-order valence-electron chi connectivity index (χ3n) is 3.63. The Kier molecular flexibility index (Phi) is 6.56. The summed E-state index contributed by atoms with van der Waals surface area (Å²) < 4.78 is 0. The number of hydrogen-bond acceptors (Lipinski definition) is 0. The first kappa shape index (κ1) is 13.6. The fourth-order valence-electron chi connectivity index (χ4n) is 2.69. The van der Waals surface area contributed by atoms with E-state index in [-0.39, 0.29) is 12.4 Å². The molecule has 1 aromatic rings. The van der Waals surface area contributed by atoms with Crippen LogP contribution in [-0.2, 0) is 0 Å². The molecule has 16 heavy (non-hydrogen) atoms. The van der Waals surface area contributed by atoms with Crippen LogP contribution in [0.15, 0.2) is 30.3 Å². The van der Waals surface area contributed by atoms with Crippen LogP contribution in [0.1, 0.15) is 62.8 Å². The van der Waals surface area contributed by atoms with E-state index in [9.17, 15) is 0 Å². The molecule has 0 spiro atoms. The second-order valence-corrected chi connectivity index (χ2v) is 4.81. The summed E-state index contributed by atoms with van der Waals surface area (Å²) in [5.74, 6) is 0.837. The standard InChI is InChI=1S/C15H22.ClH/c1-2-4-7-11-14(10-6-3-1)15-12-8-5-9-13-15;/h5,8-9,12-14H,1-4,6-7,10-11H2;1H. The van der Waals surface area contributed by atoms with Crippen LogP contribution in [-0.4, -0.2) is 0 Å². The van der Waals surface area contributed by atoms with Crippen LogP contribution in [0.2, 0.25) is 0 Å². The average molecular weight is 239 g/mol. The lowest BCUT2D eigenvalue weighted by Crippen LogP contribution is -1.98. The highest BCUT2D eigenvalue weighted by Gasteiger charge is 2.11. The topological polar surface area (TPSA) is 0 Å². The van der Waals surface area contributed by atoms with Crippen molar-refractivity contribution < 1.29 is 0 Å². The van der Waals surface area contributed by atoms with E-state index in [4.69, 9.17) is 0 Å². The van der Waals surface area contributed by atoms with Gasteiger partial charge in [0.05, 0.1) is 0 Å². The molecule has 0 nitrogen and oxygen atoms in total. The second-order valence-electron chi connectivity index (χ2n) is 4.81. The van der Waals surface area contributed by atoms with Gasteiger partial charge in [-0.25, -0.2) is 0 Å². The number of benzene rings is 1. The maximum Gasteiger partial charge on any atom is -0.0162 e. The van der Waals surface area contributed by atoms with E-state index in [1.54, 1.807) is 5.56 Å². The normalized spacial score (nSPS) is 19.0. The van der Waals surface area contributed by atoms with E-state index in [0.717, 1.165) is 5.92 Å². The summed E-state index contributed by atoms with van der Waals surface area (Å²) in [5.41, 5.74) is 1.57. The molecule has 90 valence electrons.